The molecule has 0 saturated carbocycles. The van der Waals surface area contributed by atoms with Crippen molar-refractivity contribution < 1.29 is 19.2 Å². The SMILES string of the molecule is CCOC(=O)C1CC[NH+](CC(=O)Nc2c(C)cc(C)cc2C)CC1. The molecule has 5 heteroatoms. The first-order valence-corrected chi connectivity index (χ1v) is 8.78. The molecule has 24 heavy (non-hydrogen) atoms. The highest BCUT2D eigenvalue weighted by Crippen LogP contribution is 2.21. The van der Waals surface area contributed by atoms with Crippen LogP contribution in [0.5, 0.6) is 0 Å². The van der Waals surface area contributed by atoms with Gasteiger partial charge in [0.05, 0.1) is 25.6 Å². The Labute approximate surface area is 144 Å². The van der Waals surface area contributed by atoms with Crippen molar-refractivity contribution in [3.8, 4) is 0 Å². The lowest BCUT2D eigenvalue weighted by atomic mass is 9.97. The van der Waals surface area contributed by atoms with Crippen LogP contribution in [0.4, 0.5) is 5.69 Å². The Morgan fingerprint density at radius 1 is 1.17 bits per heavy atom. The smallest absolute Gasteiger partial charge is 0.309 e. The Morgan fingerprint density at radius 3 is 2.29 bits per heavy atom. The van der Waals surface area contributed by atoms with Crippen molar-refractivity contribution in [2.45, 2.75) is 40.5 Å². The maximum absolute atomic E-state index is 12.4. The molecular formula is C19H29N2O3+. The third-order valence-corrected chi connectivity index (χ3v) is 4.66. The highest BCUT2D eigenvalue weighted by Gasteiger charge is 2.29. The van der Waals surface area contributed by atoms with Crippen molar-refractivity contribution in [3.05, 3.63) is 28.8 Å². The number of esters is 1. The Balaban J connectivity index is 1.85. The second-order valence-corrected chi connectivity index (χ2v) is 6.77. The van der Waals surface area contributed by atoms with Crippen LogP contribution in [0.1, 0.15) is 36.5 Å². The minimum Gasteiger partial charge on any atom is -0.466 e. The minimum absolute atomic E-state index is 0.00153. The number of carbonyl (C=O) groups excluding carboxylic acids is 2. The van der Waals surface area contributed by atoms with Crippen molar-refractivity contribution in [3.63, 3.8) is 0 Å². The fourth-order valence-corrected chi connectivity index (χ4v) is 3.49. The van der Waals surface area contributed by atoms with Gasteiger partial charge < -0.3 is 15.0 Å². The van der Waals surface area contributed by atoms with Gasteiger partial charge in [0.1, 0.15) is 0 Å². The number of hydrogen-bond donors (Lipinski definition) is 2. The maximum Gasteiger partial charge on any atom is 0.309 e. The fourth-order valence-electron chi connectivity index (χ4n) is 3.49. The van der Waals surface area contributed by atoms with Crippen LogP contribution in [0.3, 0.4) is 0 Å². The van der Waals surface area contributed by atoms with E-state index in [9.17, 15) is 9.59 Å². The van der Waals surface area contributed by atoms with Crippen molar-refractivity contribution in [2.24, 2.45) is 5.92 Å². The Hall–Kier alpha value is -1.88. The molecule has 1 saturated heterocycles. The van der Waals surface area contributed by atoms with Crippen molar-refractivity contribution >= 4 is 17.6 Å². The maximum atomic E-state index is 12.4. The lowest BCUT2D eigenvalue weighted by Crippen LogP contribution is -3.14. The summed E-state index contributed by atoms with van der Waals surface area (Å²) in [4.78, 5) is 25.4. The highest BCUT2D eigenvalue weighted by atomic mass is 16.5. The van der Waals surface area contributed by atoms with Gasteiger partial charge in [0.2, 0.25) is 0 Å². The molecule has 0 bridgehead atoms. The van der Waals surface area contributed by atoms with Gasteiger partial charge in [-0.3, -0.25) is 9.59 Å². The molecule has 0 radical (unpaired) electrons. The summed E-state index contributed by atoms with van der Waals surface area (Å²) < 4.78 is 5.09. The largest absolute Gasteiger partial charge is 0.466 e. The molecule has 5 nitrogen and oxygen atoms in total. The number of aryl methyl sites for hydroxylation is 3. The second kappa shape index (κ2) is 8.29. The van der Waals surface area contributed by atoms with E-state index in [-0.39, 0.29) is 17.8 Å². The number of benzene rings is 1. The van der Waals surface area contributed by atoms with Gasteiger partial charge in [-0.05, 0) is 38.8 Å². The Kier molecular flexibility index (Phi) is 6.37. The van der Waals surface area contributed by atoms with Crippen LogP contribution in [0.15, 0.2) is 12.1 Å². The van der Waals surface area contributed by atoms with E-state index >= 15 is 0 Å². The zero-order valence-corrected chi connectivity index (χ0v) is 15.2. The summed E-state index contributed by atoms with van der Waals surface area (Å²) in [5, 5.41) is 3.06. The summed E-state index contributed by atoms with van der Waals surface area (Å²) >= 11 is 0. The average molecular weight is 333 g/mol. The number of hydrogen-bond acceptors (Lipinski definition) is 3. The Bertz CT molecular complexity index is 582. The summed E-state index contributed by atoms with van der Waals surface area (Å²) in [6.07, 6.45) is 1.59. The zero-order valence-electron chi connectivity index (χ0n) is 15.2. The van der Waals surface area contributed by atoms with Crippen LogP contribution in [0.25, 0.3) is 0 Å². The van der Waals surface area contributed by atoms with Crippen molar-refractivity contribution in [1.82, 2.24) is 0 Å². The van der Waals surface area contributed by atoms with E-state index in [1.54, 1.807) is 0 Å². The molecule has 0 aliphatic carbocycles. The number of amides is 1. The summed E-state index contributed by atoms with van der Waals surface area (Å²) in [6, 6.07) is 4.17. The van der Waals surface area contributed by atoms with Gasteiger partial charge in [-0.2, -0.15) is 0 Å². The minimum atomic E-state index is -0.0908. The van der Waals surface area contributed by atoms with Crippen LogP contribution in [-0.2, 0) is 14.3 Å². The predicted octanol–water partition coefficient (Wildman–Crippen LogP) is 1.41. The van der Waals surface area contributed by atoms with E-state index in [1.165, 1.54) is 10.5 Å². The first-order chi connectivity index (χ1) is 11.4. The highest BCUT2D eigenvalue weighted by molar-refractivity contribution is 5.93. The molecule has 1 aromatic rings. The standard InChI is InChI=1S/C19H28N2O3/c1-5-24-19(23)16-6-8-21(9-7-16)12-17(22)20-18-14(3)10-13(2)11-15(18)4/h10-11,16H,5-9,12H2,1-4H3,(H,20,22)/p+1. The number of anilines is 1. The number of carbonyl (C=O) groups is 2. The number of quaternary nitrogens is 1. The van der Waals surface area contributed by atoms with Crippen LogP contribution >= 0.6 is 0 Å². The molecular weight excluding hydrogens is 304 g/mol. The number of likely N-dealkylation sites (tertiary alicyclic amines) is 1. The van der Waals surface area contributed by atoms with E-state index in [2.05, 4.69) is 24.4 Å². The van der Waals surface area contributed by atoms with Crippen LogP contribution in [0.2, 0.25) is 0 Å². The van der Waals surface area contributed by atoms with E-state index in [0.717, 1.165) is 42.7 Å². The fraction of sp³-hybridized carbons (Fsp3) is 0.579. The van der Waals surface area contributed by atoms with E-state index < -0.39 is 0 Å². The van der Waals surface area contributed by atoms with Gasteiger partial charge in [0.15, 0.2) is 6.54 Å². The Morgan fingerprint density at radius 2 is 1.75 bits per heavy atom. The van der Waals surface area contributed by atoms with Crippen LogP contribution < -0.4 is 10.2 Å². The van der Waals surface area contributed by atoms with E-state index in [4.69, 9.17) is 4.74 Å². The van der Waals surface area contributed by atoms with E-state index in [1.807, 2.05) is 20.8 Å². The number of nitrogens with one attached hydrogen (secondary N) is 2. The molecule has 0 spiro atoms. The quantitative estimate of drug-likeness (QED) is 0.801. The molecule has 1 fully saturated rings. The summed E-state index contributed by atoms with van der Waals surface area (Å²) in [6.45, 7) is 10.5. The third kappa shape index (κ3) is 4.81. The van der Waals surface area contributed by atoms with Crippen LogP contribution in [0, 0.1) is 26.7 Å². The molecule has 2 N–H and O–H groups in total. The normalized spacial score (nSPS) is 20.5. The summed E-state index contributed by atoms with van der Waals surface area (Å²) in [7, 11) is 0. The lowest BCUT2D eigenvalue weighted by molar-refractivity contribution is -0.897. The molecule has 0 unspecified atom stereocenters. The molecule has 1 aromatic carbocycles. The molecule has 2 rings (SSSR count). The van der Waals surface area contributed by atoms with Gasteiger partial charge in [-0.15, -0.1) is 0 Å². The number of ether oxygens (including phenoxy) is 1. The molecule has 1 heterocycles. The van der Waals surface area contributed by atoms with E-state index in [0.29, 0.717) is 13.2 Å². The topological polar surface area (TPSA) is 59.8 Å². The molecule has 1 amide bonds. The van der Waals surface area contributed by atoms with Crippen molar-refractivity contribution in [2.75, 3.05) is 31.6 Å². The first kappa shape index (κ1) is 18.5. The number of piperidine rings is 1. The van der Waals surface area contributed by atoms with Gasteiger partial charge in [0.25, 0.3) is 5.91 Å². The second-order valence-electron chi connectivity index (χ2n) is 6.77. The van der Waals surface area contributed by atoms with Gasteiger partial charge in [-0.1, -0.05) is 17.7 Å². The first-order valence-electron chi connectivity index (χ1n) is 8.78. The summed E-state index contributed by atoms with van der Waals surface area (Å²) in [5.74, 6) is -0.0557. The molecule has 1 aliphatic heterocycles. The molecule has 0 aromatic heterocycles. The molecule has 0 atom stereocenters. The molecule has 132 valence electrons. The van der Waals surface area contributed by atoms with Gasteiger partial charge in [0, 0.05) is 18.5 Å². The van der Waals surface area contributed by atoms with Crippen molar-refractivity contribution in [1.29, 1.82) is 0 Å². The van der Waals surface area contributed by atoms with Gasteiger partial charge in [-0.25, -0.2) is 0 Å². The zero-order chi connectivity index (χ0) is 17.7. The average Bonchev–Trinajstić information content (AvgIpc) is 2.52. The van der Waals surface area contributed by atoms with Gasteiger partial charge >= 0.3 is 5.97 Å². The predicted molar refractivity (Wildman–Crippen MR) is 94.2 cm³/mol. The summed E-state index contributed by atoms with van der Waals surface area (Å²) in [5.41, 5.74) is 4.31. The third-order valence-electron chi connectivity index (χ3n) is 4.66. The number of rotatable bonds is 5. The van der Waals surface area contributed by atoms with Crippen LogP contribution in [-0.4, -0.2) is 38.1 Å². The molecule has 1 aliphatic rings. The monoisotopic (exact) mass is 333 g/mol. The lowest BCUT2D eigenvalue weighted by Gasteiger charge is -2.27.